The molecule has 1 aromatic heterocycles. The molecule has 0 fully saturated rings. The molecule has 1 aromatic rings. The number of carbonyl (C=O) groups is 1. The molecular weight excluding hydrogens is 278 g/mol. The normalized spacial score (nSPS) is 12.8. The molecular formula is C17H29N3O2. The Morgan fingerprint density at radius 2 is 2.09 bits per heavy atom. The van der Waals surface area contributed by atoms with E-state index in [-0.39, 0.29) is 6.09 Å². The first-order chi connectivity index (χ1) is 10.2. The predicted molar refractivity (Wildman–Crippen MR) is 88.7 cm³/mol. The molecule has 0 aliphatic rings. The first kappa shape index (κ1) is 18.4. The number of aryl methyl sites for hydroxylation is 1. The average molecular weight is 307 g/mol. The fraction of sp³-hybridized carbons (Fsp3) is 0.647. The summed E-state index contributed by atoms with van der Waals surface area (Å²) < 4.78 is 5.34. The smallest absolute Gasteiger partial charge is 0.410 e. The third-order valence-electron chi connectivity index (χ3n) is 3.06. The van der Waals surface area contributed by atoms with Gasteiger partial charge in [-0.3, -0.25) is 4.98 Å². The molecule has 0 saturated carbocycles. The Morgan fingerprint density at radius 3 is 2.64 bits per heavy atom. The van der Waals surface area contributed by atoms with Crippen LogP contribution in [0.3, 0.4) is 0 Å². The molecule has 0 bridgehead atoms. The van der Waals surface area contributed by atoms with Gasteiger partial charge < -0.3 is 15.0 Å². The summed E-state index contributed by atoms with van der Waals surface area (Å²) in [6.45, 7) is 12.0. The lowest BCUT2D eigenvalue weighted by Crippen LogP contribution is -2.38. The SMILES string of the molecule is Cc1ccc(CNCC(C)CN(C)C(=O)OC(C)(C)C)nc1. The van der Waals surface area contributed by atoms with E-state index in [4.69, 9.17) is 4.74 Å². The van der Waals surface area contributed by atoms with Gasteiger partial charge in [0.05, 0.1) is 5.69 Å². The molecule has 1 amide bonds. The van der Waals surface area contributed by atoms with Gasteiger partial charge in [0.25, 0.3) is 0 Å². The minimum Gasteiger partial charge on any atom is -0.444 e. The molecule has 0 radical (unpaired) electrons. The molecule has 1 heterocycles. The average Bonchev–Trinajstić information content (AvgIpc) is 2.39. The van der Waals surface area contributed by atoms with E-state index in [1.54, 1.807) is 11.9 Å². The molecule has 0 saturated heterocycles. The lowest BCUT2D eigenvalue weighted by Gasteiger charge is -2.26. The van der Waals surface area contributed by atoms with Crippen molar-refractivity contribution in [1.29, 1.82) is 0 Å². The second kappa shape index (κ2) is 8.13. The Morgan fingerprint density at radius 1 is 1.41 bits per heavy atom. The van der Waals surface area contributed by atoms with E-state index in [1.807, 2.05) is 40.0 Å². The summed E-state index contributed by atoms with van der Waals surface area (Å²) in [6, 6.07) is 4.09. The molecule has 1 unspecified atom stereocenters. The number of hydrogen-bond acceptors (Lipinski definition) is 4. The van der Waals surface area contributed by atoms with E-state index in [0.717, 1.165) is 24.3 Å². The maximum atomic E-state index is 11.9. The van der Waals surface area contributed by atoms with Gasteiger partial charge in [-0.15, -0.1) is 0 Å². The van der Waals surface area contributed by atoms with E-state index in [9.17, 15) is 4.79 Å². The van der Waals surface area contributed by atoms with Crippen LogP contribution in [0.5, 0.6) is 0 Å². The van der Waals surface area contributed by atoms with Crippen molar-refractivity contribution in [3.8, 4) is 0 Å². The molecule has 1 N–H and O–H groups in total. The molecule has 1 atom stereocenters. The van der Waals surface area contributed by atoms with Crippen molar-refractivity contribution in [2.75, 3.05) is 20.1 Å². The van der Waals surface area contributed by atoms with Crippen molar-refractivity contribution >= 4 is 6.09 Å². The molecule has 22 heavy (non-hydrogen) atoms. The van der Waals surface area contributed by atoms with Crippen molar-refractivity contribution < 1.29 is 9.53 Å². The summed E-state index contributed by atoms with van der Waals surface area (Å²) >= 11 is 0. The van der Waals surface area contributed by atoms with Crippen LogP contribution < -0.4 is 5.32 Å². The molecule has 0 aromatic carbocycles. The maximum absolute atomic E-state index is 11.9. The first-order valence-corrected chi connectivity index (χ1v) is 7.74. The summed E-state index contributed by atoms with van der Waals surface area (Å²) in [5.41, 5.74) is 1.73. The second-order valence-electron chi connectivity index (χ2n) is 6.92. The molecule has 0 aliphatic carbocycles. The standard InChI is InChI=1S/C17H29N3O2/c1-13-7-8-15(19-10-13)11-18-9-14(2)12-20(6)16(21)22-17(3,4)5/h7-8,10,14,18H,9,11-12H2,1-6H3. The zero-order chi connectivity index (χ0) is 16.8. The molecule has 124 valence electrons. The highest BCUT2D eigenvalue weighted by Crippen LogP contribution is 2.10. The number of nitrogens with zero attached hydrogens (tertiary/aromatic N) is 2. The van der Waals surface area contributed by atoms with Gasteiger partial charge >= 0.3 is 6.09 Å². The lowest BCUT2D eigenvalue weighted by molar-refractivity contribution is 0.0277. The van der Waals surface area contributed by atoms with Crippen LogP contribution in [0, 0.1) is 12.8 Å². The monoisotopic (exact) mass is 307 g/mol. The number of hydrogen-bond donors (Lipinski definition) is 1. The van der Waals surface area contributed by atoms with Crippen LogP contribution >= 0.6 is 0 Å². The van der Waals surface area contributed by atoms with Crippen LogP contribution in [0.15, 0.2) is 18.3 Å². The first-order valence-electron chi connectivity index (χ1n) is 7.74. The van der Waals surface area contributed by atoms with Gasteiger partial charge in [-0.25, -0.2) is 4.79 Å². The molecule has 5 heteroatoms. The second-order valence-corrected chi connectivity index (χ2v) is 6.92. The van der Waals surface area contributed by atoms with E-state index in [2.05, 4.69) is 23.3 Å². The largest absolute Gasteiger partial charge is 0.444 e. The minimum absolute atomic E-state index is 0.278. The molecule has 1 rings (SSSR count). The molecule has 0 spiro atoms. The molecule has 5 nitrogen and oxygen atoms in total. The zero-order valence-electron chi connectivity index (χ0n) is 14.6. The summed E-state index contributed by atoms with van der Waals surface area (Å²) in [5, 5.41) is 3.37. The summed E-state index contributed by atoms with van der Waals surface area (Å²) in [6.07, 6.45) is 1.59. The molecule has 0 aliphatic heterocycles. The minimum atomic E-state index is -0.454. The van der Waals surface area contributed by atoms with Crippen molar-refractivity contribution in [3.05, 3.63) is 29.6 Å². The number of nitrogens with one attached hydrogen (secondary N) is 1. The van der Waals surface area contributed by atoms with Crippen LogP contribution in [0.25, 0.3) is 0 Å². The quantitative estimate of drug-likeness (QED) is 0.878. The van der Waals surface area contributed by atoms with Crippen LogP contribution in [0.2, 0.25) is 0 Å². The van der Waals surface area contributed by atoms with Gasteiger partial charge in [0, 0.05) is 26.3 Å². The Hall–Kier alpha value is -1.62. The third kappa shape index (κ3) is 7.41. The van der Waals surface area contributed by atoms with Crippen molar-refractivity contribution in [2.24, 2.45) is 5.92 Å². The van der Waals surface area contributed by atoms with Gasteiger partial charge in [0.15, 0.2) is 0 Å². The summed E-state index contributed by atoms with van der Waals surface area (Å²) in [7, 11) is 1.77. The van der Waals surface area contributed by atoms with Crippen molar-refractivity contribution in [1.82, 2.24) is 15.2 Å². The highest BCUT2D eigenvalue weighted by atomic mass is 16.6. The highest BCUT2D eigenvalue weighted by molar-refractivity contribution is 5.67. The van der Waals surface area contributed by atoms with Gasteiger partial charge in [-0.2, -0.15) is 0 Å². The maximum Gasteiger partial charge on any atom is 0.410 e. The number of rotatable bonds is 6. The van der Waals surface area contributed by atoms with E-state index < -0.39 is 5.60 Å². The van der Waals surface area contributed by atoms with Crippen LogP contribution in [0.1, 0.15) is 39.0 Å². The van der Waals surface area contributed by atoms with Crippen LogP contribution in [0.4, 0.5) is 4.79 Å². The van der Waals surface area contributed by atoms with Crippen LogP contribution in [-0.4, -0.2) is 41.7 Å². The topological polar surface area (TPSA) is 54.5 Å². The van der Waals surface area contributed by atoms with Gasteiger partial charge in [-0.05, 0) is 51.8 Å². The van der Waals surface area contributed by atoms with E-state index in [0.29, 0.717) is 12.5 Å². The number of aromatic nitrogens is 1. The summed E-state index contributed by atoms with van der Waals surface area (Å²) in [5.74, 6) is 0.336. The zero-order valence-corrected chi connectivity index (χ0v) is 14.6. The van der Waals surface area contributed by atoms with Gasteiger partial charge in [0.2, 0.25) is 0 Å². The van der Waals surface area contributed by atoms with E-state index >= 15 is 0 Å². The number of carbonyl (C=O) groups excluding carboxylic acids is 1. The number of ether oxygens (including phenoxy) is 1. The third-order valence-corrected chi connectivity index (χ3v) is 3.06. The van der Waals surface area contributed by atoms with E-state index in [1.165, 1.54) is 0 Å². The number of pyridine rings is 1. The van der Waals surface area contributed by atoms with Crippen LogP contribution in [-0.2, 0) is 11.3 Å². The van der Waals surface area contributed by atoms with Gasteiger partial charge in [0.1, 0.15) is 5.60 Å². The Bertz CT molecular complexity index is 466. The van der Waals surface area contributed by atoms with Gasteiger partial charge in [-0.1, -0.05) is 13.0 Å². The predicted octanol–water partition coefficient (Wildman–Crippen LogP) is 2.98. The van der Waals surface area contributed by atoms with Crippen molar-refractivity contribution in [2.45, 2.75) is 46.8 Å². The highest BCUT2D eigenvalue weighted by Gasteiger charge is 2.20. The van der Waals surface area contributed by atoms with Crippen molar-refractivity contribution in [3.63, 3.8) is 0 Å². The number of amides is 1. The summed E-state index contributed by atoms with van der Waals surface area (Å²) in [4.78, 5) is 17.9. The Kier molecular flexibility index (Phi) is 6.81. The Labute approximate surface area is 134 Å². The Balaban J connectivity index is 2.29. The lowest BCUT2D eigenvalue weighted by atomic mass is 10.1. The fourth-order valence-corrected chi connectivity index (χ4v) is 2.00. The fourth-order valence-electron chi connectivity index (χ4n) is 2.00.